The molecule has 0 amide bonds. The second kappa shape index (κ2) is 6.25. The lowest BCUT2D eigenvalue weighted by Crippen LogP contribution is -2.36. The molecule has 0 spiro atoms. The number of ether oxygens (including phenoxy) is 1. The van der Waals surface area contributed by atoms with Crippen molar-refractivity contribution in [1.29, 1.82) is 0 Å². The van der Waals surface area contributed by atoms with Gasteiger partial charge in [-0.2, -0.15) is 0 Å². The van der Waals surface area contributed by atoms with E-state index in [9.17, 15) is 0 Å². The topological polar surface area (TPSA) is 21.3 Å². The summed E-state index contributed by atoms with van der Waals surface area (Å²) in [5, 5.41) is 4.76. The van der Waals surface area contributed by atoms with Crippen LogP contribution < -0.4 is 5.32 Å². The predicted octanol–water partition coefficient (Wildman–Crippen LogP) is 3.90. The normalized spacial score (nSPS) is 18.8. The minimum absolute atomic E-state index is 0.337. The molecule has 0 atom stereocenters. The standard InChI is InChI=1S/C14H19Cl2NO/c1-14(5-7-18-8-6-14)10-17-9-11-3-2-4-12(15)13(11)16/h2-4,17H,5-10H2,1H3. The van der Waals surface area contributed by atoms with Crippen LogP contribution in [0.3, 0.4) is 0 Å². The van der Waals surface area contributed by atoms with Crippen LogP contribution in [0.1, 0.15) is 25.3 Å². The Balaban J connectivity index is 1.86. The maximum absolute atomic E-state index is 6.16. The molecule has 1 aromatic rings. The summed E-state index contributed by atoms with van der Waals surface area (Å²) in [6.07, 6.45) is 2.23. The van der Waals surface area contributed by atoms with Crippen molar-refractivity contribution in [3.8, 4) is 0 Å². The van der Waals surface area contributed by atoms with Crippen molar-refractivity contribution in [3.05, 3.63) is 33.8 Å². The molecule has 1 N–H and O–H groups in total. The highest BCUT2D eigenvalue weighted by molar-refractivity contribution is 6.42. The summed E-state index contributed by atoms with van der Waals surface area (Å²) in [5.74, 6) is 0. The lowest BCUT2D eigenvalue weighted by atomic mass is 9.82. The SMILES string of the molecule is CC1(CNCc2cccc(Cl)c2Cl)CCOCC1. The van der Waals surface area contributed by atoms with Crippen molar-refractivity contribution in [2.24, 2.45) is 5.41 Å². The highest BCUT2D eigenvalue weighted by Crippen LogP contribution is 2.29. The molecule has 0 saturated carbocycles. The quantitative estimate of drug-likeness (QED) is 0.907. The predicted molar refractivity (Wildman–Crippen MR) is 76.3 cm³/mol. The van der Waals surface area contributed by atoms with E-state index in [1.807, 2.05) is 18.2 Å². The van der Waals surface area contributed by atoms with Gasteiger partial charge in [-0.3, -0.25) is 0 Å². The second-order valence-electron chi connectivity index (χ2n) is 5.24. The molecule has 0 radical (unpaired) electrons. The van der Waals surface area contributed by atoms with E-state index in [0.29, 0.717) is 15.5 Å². The molecule has 1 aliphatic heterocycles. The number of benzene rings is 1. The van der Waals surface area contributed by atoms with Crippen LogP contribution in [0.15, 0.2) is 18.2 Å². The van der Waals surface area contributed by atoms with Crippen molar-refractivity contribution in [2.75, 3.05) is 19.8 Å². The Labute approximate surface area is 119 Å². The minimum Gasteiger partial charge on any atom is -0.381 e. The Bertz CT molecular complexity index is 403. The number of hydrogen-bond acceptors (Lipinski definition) is 2. The van der Waals surface area contributed by atoms with Crippen molar-refractivity contribution in [2.45, 2.75) is 26.3 Å². The summed E-state index contributed by atoms with van der Waals surface area (Å²) in [5.41, 5.74) is 1.39. The van der Waals surface area contributed by atoms with Crippen molar-refractivity contribution in [3.63, 3.8) is 0 Å². The first-order valence-electron chi connectivity index (χ1n) is 6.32. The average Bonchev–Trinajstić information content (AvgIpc) is 2.35. The molecule has 2 nitrogen and oxygen atoms in total. The molecular weight excluding hydrogens is 269 g/mol. The summed E-state index contributed by atoms with van der Waals surface area (Å²) in [7, 11) is 0. The number of rotatable bonds is 4. The molecule has 1 saturated heterocycles. The number of hydrogen-bond donors (Lipinski definition) is 1. The molecule has 4 heteroatoms. The third-order valence-electron chi connectivity index (χ3n) is 3.60. The Hall–Kier alpha value is -0.280. The molecule has 18 heavy (non-hydrogen) atoms. The van der Waals surface area contributed by atoms with Gasteiger partial charge in [-0.1, -0.05) is 42.3 Å². The van der Waals surface area contributed by atoms with Gasteiger partial charge in [0.2, 0.25) is 0 Å². The van der Waals surface area contributed by atoms with E-state index in [2.05, 4.69) is 12.2 Å². The molecule has 1 heterocycles. The van der Waals surface area contributed by atoms with Gasteiger partial charge in [-0.25, -0.2) is 0 Å². The van der Waals surface area contributed by atoms with Gasteiger partial charge in [0.1, 0.15) is 0 Å². The zero-order valence-corrected chi connectivity index (χ0v) is 12.2. The number of nitrogens with one attached hydrogen (secondary N) is 1. The Kier molecular flexibility index (Phi) is 4.91. The van der Waals surface area contributed by atoms with Crippen molar-refractivity contribution >= 4 is 23.2 Å². The molecule has 1 aromatic carbocycles. The average molecular weight is 288 g/mol. The monoisotopic (exact) mass is 287 g/mol. The van der Waals surface area contributed by atoms with Crippen molar-refractivity contribution < 1.29 is 4.74 Å². The largest absolute Gasteiger partial charge is 0.381 e. The highest BCUT2D eigenvalue weighted by atomic mass is 35.5. The van der Waals surface area contributed by atoms with Gasteiger partial charge in [0, 0.05) is 26.3 Å². The Morgan fingerprint density at radius 3 is 2.72 bits per heavy atom. The Morgan fingerprint density at radius 2 is 2.00 bits per heavy atom. The van der Waals surface area contributed by atoms with Crippen LogP contribution in [0.4, 0.5) is 0 Å². The lowest BCUT2D eigenvalue weighted by molar-refractivity contribution is 0.0240. The summed E-state index contributed by atoms with van der Waals surface area (Å²) in [6, 6.07) is 5.75. The van der Waals surface area contributed by atoms with Crippen molar-refractivity contribution in [1.82, 2.24) is 5.32 Å². The van der Waals surface area contributed by atoms with Gasteiger partial charge >= 0.3 is 0 Å². The summed E-state index contributed by atoms with van der Waals surface area (Å²) >= 11 is 12.2. The van der Waals surface area contributed by atoms with Gasteiger partial charge in [0.05, 0.1) is 10.0 Å². The lowest BCUT2D eigenvalue weighted by Gasteiger charge is -2.33. The Morgan fingerprint density at radius 1 is 1.28 bits per heavy atom. The van der Waals surface area contributed by atoms with E-state index in [1.54, 1.807) is 0 Å². The molecule has 100 valence electrons. The van der Waals surface area contributed by atoms with E-state index >= 15 is 0 Å². The van der Waals surface area contributed by atoms with E-state index in [-0.39, 0.29) is 0 Å². The summed E-state index contributed by atoms with van der Waals surface area (Å²) in [6.45, 7) is 5.79. The molecule has 1 aliphatic rings. The molecule has 0 aliphatic carbocycles. The van der Waals surface area contributed by atoms with Gasteiger partial charge in [-0.05, 0) is 29.9 Å². The highest BCUT2D eigenvalue weighted by Gasteiger charge is 2.26. The van der Waals surface area contributed by atoms with E-state index in [4.69, 9.17) is 27.9 Å². The van der Waals surface area contributed by atoms with Gasteiger partial charge < -0.3 is 10.1 Å². The maximum Gasteiger partial charge on any atom is 0.0637 e. The molecular formula is C14H19Cl2NO. The fraction of sp³-hybridized carbons (Fsp3) is 0.571. The fourth-order valence-electron chi connectivity index (χ4n) is 2.22. The van der Waals surface area contributed by atoms with Crippen LogP contribution in [0, 0.1) is 5.41 Å². The third kappa shape index (κ3) is 3.61. The third-order valence-corrected chi connectivity index (χ3v) is 4.46. The first-order valence-corrected chi connectivity index (χ1v) is 7.08. The minimum atomic E-state index is 0.337. The van der Waals surface area contributed by atoms with Crippen LogP contribution in [-0.4, -0.2) is 19.8 Å². The first kappa shape index (κ1) is 14.1. The van der Waals surface area contributed by atoms with Gasteiger partial charge in [-0.15, -0.1) is 0 Å². The van der Waals surface area contributed by atoms with E-state index in [1.165, 1.54) is 0 Å². The van der Waals surface area contributed by atoms with E-state index < -0.39 is 0 Å². The van der Waals surface area contributed by atoms with Crippen LogP contribution in [0.25, 0.3) is 0 Å². The van der Waals surface area contributed by atoms with Crippen LogP contribution in [0.2, 0.25) is 10.0 Å². The summed E-state index contributed by atoms with van der Waals surface area (Å²) < 4.78 is 5.40. The first-order chi connectivity index (χ1) is 8.61. The molecule has 2 rings (SSSR count). The van der Waals surface area contributed by atoms with Crippen LogP contribution in [-0.2, 0) is 11.3 Å². The van der Waals surface area contributed by atoms with Gasteiger partial charge in [0.25, 0.3) is 0 Å². The zero-order valence-electron chi connectivity index (χ0n) is 10.6. The molecule has 0 aromatic heterocycles. The molecule has 0 bridgehead atoms. The second-order valence-corrected chi connectivity index (χ2v) is 6.02. The summed E-state index contributed by atoms with van der Waals surface area (Å²) in [4.78, 5) is 0. The zero-order chi connectivity index (χ0) is 13.0. The van der Waals surface area contributed by atoms with E-state index in [0.717, 1.165) is 44.7 Å². The molecule has 0 unspecified atom stereocenters. The van der Waals surface area contributed by atoms with Gasteiger partial charge in [0.15, 0.2) is 0 Å². The molecule has 1 fully saturated rings. The fourth-order valence-corrected chi connectivity index (χ4v) is 2.61. The van der Waals surface area contributed by atoms with Crippen LogP contribution in [0.5, 0.6) is 0 Å². The number of halogens is 2. The van der Waals surface area contributed by atoms with Crippen LogP contribution >= 0.6 is 23.2 Å². The maximum atomic E-state index is 6.16. The smallest absolute Gasteiger partial charge is 0.0637 e.